The number of nitrogen functional groups attached to an aromatic ring is 2. The summed E-state index contributed by atoms with van der Waals surface area (Å²) in [6.07, 6.45) is -10.1. The molecule has 3 saturated heterocycles. The van der Waals surface area contributed by atoms with E-state index < -0.39 is 84.1 Å². The van der Waals surface area contributed by atoms with Crippen LogP contribution in [0.5, 0.6) is 0 Å². The molecule has 24 heteroatoms. The number of aromatic nitrogens is 8. The van der Waals surface area contributed by atoms with E-state index in [1.807, 2.05) is 0 Å². The monoisotopic (exact) mass is 688 g/mol. The molecule has 7 heterocycles. The number of ether oxygens (including phenoxy) is 3. The predicted molar refractivity (Wildman–Crippen MR) is 149 cm³/mol. The number of aliphatic hydroxyl groups excluding tert-OH is 1. The minimum absolute atomic E-state index is 0.0285. The molecule has 4 aromatic heterocycles. The van der Waals surface area contributed by atoms with Gasteiger partial charge in [0.05, 0.1) is 25.9 Å². The van der Waals surface area contributed by atoms with E-state index in [4.69, 9.17) is 39.2 Å². The summed E-state index contributed by atoms with van der Waals surface area (Å²) in [6, 6.07) is 0. The number of phosphoric acid groups is 1. The Bertz CT molecular complexity index is 1900. The molecule has 3 fully saturated rings. The molecular weight excluding hydrogens is 661 g/mol. The van der Waals surface area contributed by atoms with Crippen molar-refractivity contribution in [1.29, 1.82) is 0 Å². The van der Waals surface area contributed by atoms with E-state index in [0.29, 0.717) is 0 Å². The van der Waals surface area contributed by atoms with Gasteiger partial charge in [-0.1, -0.05) is 0 Å². The van der Waals surface area contributed by atoms with Gasteiger partial charge in [-0.3, -0.25) is 22.7 Å². The summed E-state index contributed by atoms with van der Waals surface area (Å²) in [4.78, 5) is 45.8. The summed E-state index contributed by atoms with van der Waals surface area (Å²) in [5, 5.41) is 11.1. The van der Waals surface area contributed by atoms with Gasteiger partial charge < -0.3 is 45.1 Å². The summed E-state index contributed by atoms with van der Waals surface area (Å²) >= 11 is 0. The van der Waals surface area contributed by atoms with Crippen molar-refractivity contribution in [2.24, 2.45) is 0 Å². The predicted octanol–water partition coefficient (Wildman–Crippen LogP) is -0.307. The highest BCUT2D eigenvalue weighted by atomic mass is 31.2. The van der Waals surface area contributed by atoms with E-state index in [1.165, 1.54) is 21.8 Å². The van der Waals surface area contributed by atoms with E-state index in [-0.39, 0.29) is 39.8 Å². The molecule has 0 radical (unpaired) electrons. The van der Waals surface area contributed by atoms with E-state index in [1.54, 1.807) is 6.92 Å². The normalized spacial score (nSPS) is 37.4. The lowest BCUT2D eigenvalue weighted by Gasteiger charge is -2.26. The zero-order chi connectivity index (χ0) is 32.5. The first-order valence-electron chi connectivity index (χ1n) is 13.6. The first-order valence-corrected chi connectivity index (χ1v) is 16.8. The number of hydrogen-bond acceptors (Lipinski definition) is 17. The van der Waals surface area contributed by atoms with Gasteiger partial charge in [-0.05, 0) is 6.92 Å². The Kier molecular flexibility index (Phi) is 7.81. The molecule has 4 aromatic rings. The van der Waals surface area contributed by atoms with E-state index in [0.717, 1.165) is 6.33 Å². The average Bonchev–Trinajstić information content (AvgIpc) is 3.75. The van der Waals surface area contributed by atoms with Gasteiger partial charge in [0.2, 0.25) is 0 Å². The molecule has 10 atom stereocenters. The van der Waals surface area contributed by atoms with Crippen molar-refractivity contribution in [2.45, 2.75) is 56.1 Å². The number of aryl methyl sites for hydroxylation is 1. The van der Waals surface area contributed by atoms with Crippen molar-refractivity contribution in [2.75, 3.05) is 31.0 Å². The fourth-order valence-electron chi connectivity index (χ4n) is 5.50. The van der Waals surface area contributed by atoms with E-state index >= 15 is 4.39 Å². The largest absolute Gasteiger partial charge is 0.472 e. The van der Waals surface area contributed by atoms with Gasteiger partial charge in [0, 0.05) is 0 Å². The van der Waals surface area contributed by atoms with Gasteiger partial charge in [-0.15, -0.1) is 0 Å². The van der Waals surface area contributed by atoms with Crippen molar-refractivity contribution in [1.82, 2.24) is 39.0 Å². The summed E-state index contributed by atoms with van der Waals surface area (Å²) in [5.74, 6) is 0.345. The van der Waals surface area contributed by atoms with Crippen LogP contribution in [0.25, 0.3) is 22.3 Å². The number of phosphoric ester groups is 1. The highest BCUT2D eigenvalue weighted by Gasteiger charge is 2.53. The molecule has 3 aliphatic rings. The molecule has 7 rings (SSSR count). The Hall–Kier alpha value is -3.27. The number of nitrogens with zero attached hydrogens (tertiary/aromatic N) is 8. The minimum Gasteiger partial charge on any atom is -0.387 e. The Labute approximate surface area is 256 Å². The molecule has 0 aliphatic carbocycles. The second-order valence-corrected chi connectivity index (χ2v) is 13.9. The molecule has 0 aromatic carbocycles. The third-order valence-electron chi connectivity index (χ3n) is 7.60. The van der Waals surface area contributed by atoms with Gasteiger partial charge in [-0.25, -0.2) is 38.9 Å². The number of anilines is 2. The third-order valence-corrected chi connectivity index (χ3v) is 9.62. The van der Waals surface area contributed by atoms with E-state index in [9.17, 15) is 24.0 Å². The second kappa shape index (κ2) is 11.5. The maximum atomic E-state index is 16.0. The lowest BCUT2D eigenvalue weighted by molar-refractivity contribution is -0.0631. The molecule has 0 saturated carbocycles. The first kappa shape index (κ1) is 31.3. The lowest BCUT2D eigenvalue weighted by atomic mass is 10.1. The van der Waals surface area contributed by atoms with Gasteiger partial charge in [-0.2, -0.15) is 0 Å². The minimum atomic E-state index is -5.07. The summed E-state index contributed by atoms with van der Waals surface area (Å²) in [6.45, 7) is 0.0625. The SMILES string of the molecule is Cc1nc(N)c2ncn([C@@H]3O[C@@H]4COP(=O)(O)OC5[C@@H](O)[C@@H](COP(=O)(O)CO[C@@H]4C3F)O[C@H]5n3cnc4c(N)ncnc43)c2n1. The van der Waals surface area contributed by atoms with Crippen LogP contribution >= 0.6 is 15.4 Å². The van der Waals surface area contributed by atoms with Crippen LogP contribution in [0.15, 0.2) is 19.0 Å². The van der Waals surface area contributed by atoms with Gasteiger partial charge in [0.1, 0.15) is 60.1 Å². The number of alkyl halides is 1. The maximum absolute atomic E-state index is 16.0. The second-order valence-electron chi connectivity index (χ2n) is 10.7. The zero-order valence-electron chi connectivity index (χ0n) is 23.6. The Morgan fingerprint density at radius 1 is 0.891 bits per heavy atom. The molecule has 248 valence electrons. The first-order chi connectivity index (χ1) is 21.8. The van der Waals surface area contributed by atoms with Crippen molar-refractivity contribution in [3.63, 3.8) is 0 Å². The van der Waals surface area contributed by atoms with Crippen LogP contribution < -0.4 is 11.5 Å². The third kappa shape index (κ3) is 5.54. The molecule has 46 heavy (non-hydrogen) atoms. The van der Waals surface area contributed by atoms with Crippen LogP contribution in [0.3, 0.4) is 0 Å². The Balaban J connectivity index is 1.20. The van der Waals surface area contributed by atoms with Crippen LogP contribution in [-0.2, 0) is 36.9 Å². The molecule has 0 spiro atoms. The average molecular weight is 688 g/mol. The van der Waals surface area contributed by atoms with Crippen LogP contribution in [0.4, 0.5) is 16.0 Å². The van der Waals surface area contributed by atoms with Crippen LogP contribution in [0.2, 0.25) is 0 Å². The Morgan fingerprint density at radius 3 is 2.33 bits per heavy atom. The van der Waals surface area contributed by atoms with Crippen molar-refractivity contribution in [3.05, 3.63) is 24.8 Å². The topological polar surface area (TPSA) is 289 Å². The number of halogens is 1. The molecule has 2 bridgehead atoms. The number of aliphatic hydroxyl groups is 1. The highest BCUT2D eigenvalue weighted by Crippen LogP contribution is 2.52. The van der Waals surface area contributed by atoms with Gasteiger partial charge in [0.25, 0.3) is 0 Å². The highest BCUT2D eigenvalue weighted by molar-refractivity contribution is 7.52. The number of rotatable bonds is 2. The maximum Gasteiger partial charge on any atom is 0.472 e. The molecule has 7 N–H and O–H groups in total. The van der Waals surface area contributed by atoms with Gasteiger partial charge >= 0.3 is 15.4 Å². The van der Waals surface area contributed by atoms with E-state index in [2.05, 4.69) is 29.9 Å². The van der Waals surface area contributed by atoms with Crippen molar-refractivity contribution >= 4 is 49.4 Å². The molecule has 0 amide bonds. The zero-order valence-corrected chi connectivity index (χ0v) is 25.4. The molecule has 3 aliphatic heterocycles. The number of hydrogen-bond donors (Lipinski definition) is 5. The summed E-state index contributed by atoms with van der Waals surface area (Å²) in [5.41, 5.74) is 12.4. The number of fused-ring (bicyclic) bond motifs is 5. The standard InChI is InChI=1S/C22H27FN10O11P2/c1-8-30-18(25)13-20(31-8)33(6-29-13)21-11(23)15-10(43-21)3-41-46(37,38)44-16-14(34)9(2-40-45(35,36)7-39-15)42-22(16)32-5-28-12-17(24)26-4-27-19(12)32/h4-6,9-11,14-16,21-22,34H,2-3,7H2,1H3,(H,35,36)(H,37,38)(H2,24,26,27)(H2,25,30,31)/t9-,10-,11?,14+,15+,16?,21-,22-/m1/s1. The lowest BCUT2D eigenvalue weighted by Crippen LogP contribution is -2.37. The molecule has 21 nitrogen and oxygen atoms in total. The fourth-order valence-corrected chi connectivity index (χ4v) is 7.25. The number of imidazole rings is 2. The fraction of sp³-hybridized carbons (Fsp3) is 0.545. The quantitative estimate of drug-likeness (QED) is 0.169. The van der Waals surface area contributed by atoms with Crippen LogP contribution in [-0.4, -0.2) is 110 Å². The van der Waals surface area contributed by atoms with Crippen LogP contribution in [0.1, 0.15) is 18.3 Å². The van der Waals surface area contributed by atoms with Crippen molar-refractivity contribution in [3.8, 4) is 0 Å². The summed E-state index contributed by atoms with van der Waals surface area (Å²) in [7, 11) is -9.69. The summed E-state index contributed by atoms with van der Waals surface area (Å²) < 4.78 is 77.6. The molecule has 4 unspecified atom stereocenters. The smallest absolute Gasteiger partial charge is 0.387 e. The molecular formula is C22H27FN10O11P2. The number of nitrogens with two attached hydrogens (primary N) is 2. The van der Waals surface area contributed by atoms with Gasteiger partial charge in [0.15, 0.2) is 41.6 Å². The van der Waals surface area contributed by atoms with Crippen LogP contribution in [0, 0.1) is 6.92 Å². The Morgan fingerprint density at radius 2 is 1.57 bits per heavy atom. The van der Waals surface area contributed by atoms with Crippen molar-refractivity contribution < 1.29 is 56.2 Å².